The molecule has 2 unspecified atom stereocenters. The summed E-state index contributed by atoms with van der Waals surface area (Å²) in [7, 11) is 1.73. The number of methoxy groups -OCH3 is 1. The van der Waals surface area contributed by atoms with Crippen LogP contribution in [-0.4, -0.2) is 19.4 Å². The first-order valence-corrected chi connectivity index (χ1v) is 6.80. The maximum atomic E-state index is 5.83. The van der Waals surface area contributed by atoms with E-state index in [2.05, 4.69) is 18.2 Å². The summed E-state index contributed by atoms with van der Waals surface area (Å²) in [5.41, 5.74) is 7.71. The minimum Gasteiger partial charge on any atom is -0.497 e. The van der Waals surface area contributed by atoms with Crippen LogP contribution in [-0.2, 0) is 5.41 Å². The van der Waals surface area contributed by atoms with Gasteiger partial charge >= 0.3 is 0 Å². The number of nitrogens with two attached hydrogens (primary N) is 1. The highest BCUT2D eigenvalue weighted by Crippen LogP contribution is 2.61. The van der Waals surface area contributed by atoms with Crippen LogP contribution in [0.4, 0.5) is 0 Å². The summed E-state index contributed by atoms with van der Waals surface area (Å²) in [5, 5.41) is 0. The Morgan fingerprint density at radius 2 is 2.44 bits per heavy atom. The second-order valence-corrected chi connectivity index (χ2v) is 5.89. The minimum atomic E-state index is 0.393. The lowest BCUT2D eigenvalue weighted by Gasteiger charge is -2.26. The summed E-state index contributed by atoms with van der Waals surface area (Å²) in [6, 6.07) is 6.48. The van der Waals surface area contributed by atoms with Crippen molar-refractivity contribution < 1.29 is 4.74 Å². The van der Waals surface area contributed by atoms with E-state index in [0.29, 0.717) is 11.3 Å². The fourth-order valence-corrected chi connectivity index (χ4v) is 4.22. The summed E-state index contributed by atoms with van der Waals surface area (Å²) >= 11 is 1.97. The van der Waals surface area contributed by atoms with Crippen LogP contribution in [0.25, 0.3) is 0 Å². The molecule has 3 heteroatoms. The zero-order valence-corrected chi connectivity index (χ0v) is 10.3. The summed E-state index contributed by atoms with van der Waals surface area (Å²) in [6.07, 6.45) is 2.55. The lowest BCUT2D eigenvalue weighted by Crippen LogP contribution is -2.20. The lowest BCUT2D eigenvalue weighted by atomic mass is 9.89. The molecule has 2 N–H and O–H groups in total. The van der Waals surface area contributed by atoms with E-state index in [1.54, 1.807) is 7.11 Å². The minimum absolute atomic E-state index is 0.393. The monoisotopic (exact) mass is 235 g/mol. The van der Waals surface area contributed by atoms with Gasteiger partial charge in [0.05, 0.1) is 7.11 Å². The average molecular weight is 235 g/mol. The summed E-state index contributed by atoms with van der Waals surface area (Å²) in [4.78, 5) is 1.43. The van der Waals surface area contributed by atoms with Gasteiger partial charge in [-0.25, -0.2) is 0 Å². The maximum absolute atomic E-state index is 5.83. The first kappa shape index (κ1) is 10.5. The third-order valence-corrected chi connectivity index (χ3v) is 5.12. The Labute approximate surface area is 101 Å². The van der Waals surface area contributed by atoms with E-state index < -0.39 is 0 Å². The number of ether oxygens (including phenoxy) is 1. The number of thioether (sulfide) groups is 1. The van der Waals surface area contributed by atoms with Gasteiger partial charge in [0.2, 0.25) is 0 Å². The lowest BCUT2D eigenvalue weighted by molar-refractivity contribution is 0.412. The van der Waals surface area contributed by atoms with Crippen molar-refractivity contribution in [3.8, 4) is 5.75 Å². The molecule has 1 aliphatic heterocycles. The summed E-state index contributed by atoms with van der Waals surface area (Å²) < 4.78 is 5.33. The highest BCUT2D eigenvalue weighted by molar-refractivity contribution is 7.99. The quantitative estimate of drug-likeness (QED) is 0.855. The second kappa shape index (κ2) is 3.67. The fraction of sp³-hybridized carbons (Fsp3) is 0.538. The van der Waals surface area contributed by atoms with Crippen LogP contribution in [0.15, 0.2) is 23.1 Å². The predicted molar refractivity (Wildman–Crippen MR) is 67.2 cm³/mol. The van der Waals surface area contributed by atoms with E-state index in [4.69, 9.17) is 10.5 Å². The van der Waals surface area contributed by atoms with Crippen molar-refractivity contribution in [3.63, 3.8) is 0 Å². The molecule has 3 rings (SSSR count). The topological polar surface area (TPSA) is 35.2 Å². The number of hydrogen-bond donors (Lipinski definition) is 1. The fourth-order valence-electron chi connectivity index (χ4n) is 2.95. The zero-order chi connectivity index (χ0) is 11.2. The van der Waals surface area contributed by atoms with Gasteiger partial charge in [-0.1, -0.05) is 0 Å². The van der Waals surface area contributed by atoms with Gasteiger partial charge in [-0.3, -0.25) is 0 Å². The molecule has 1 aliphatic carbocycles. The Morgan fingerprint density at radius 1 is 1.56 bits per heavy atom. The van der Waals surface area contributed by atoms with Crippen LogP contribution in [0.3, 0.4) is 0 Å². The standard InChI is InChI=1S/C13H17NOS/c1-15-10-2-3-12-11(6-10)13(4-5-16-12)7-9(13)8-14/h2-3,6,9H,4-5,7-8,14H2,1H3. The molecule has 1 aromatic carbocycles. The second-order valence-electron chi connectivity index (χ2n) is 4.75. The van der Waals surface area contributed by atoms with E-state index in [9.17, 15) is 0 Å². The molecule has 1 heterocycles. The first-order valence-electron chi connectivity index (χ1n) is 5.81. The molecule has 1 saturated carbocycles. The van der Waals surface area contributed by atoms with Crippen molar-refractivity contribution in [3.05, 3.63) is 23.8 Å². The molecule has 2 atom stereocenters. The number of hydrogen-bond acceptors (Lipinski definition) is 3. The molecule has 0 radical (unpaired) electrons. The largest absolute Gasteiger partial charge is 0.497 e. The highest BCUT2D eigenvalue weighted by atomic mass is 32.2. The van der Waals surface area contributed by atoms with E-state index in [1.165, 1.54) is 29.1 Å². The van der Waals surface area contributed by atoms with Crippen molar-refractivity contribution in [2.75, 3.05) is 19.4 Å². The van der Waals surface area contributed by atoms with Crippen LogP contribution in [0.1, 0.15) is 18.4 Å². The van der Waals surface area contributed by atoms with Crippen LogP contribution < -0.4 is 10.5 Å². The normalized spacial score (nSPS) is 31.2. The molecular weight excluding hydrogens is 218 g/mol. The van der Waals surface area contributed by atoms with Gasteiger partial charge in [0.1, 0.15) is 5.75 Å². The molecule has 0 saturated heterocycles. The first-order chi connectivity index (χ1) is 7.80. The van der Waals surface area contributed by atoms with E-state index in [-0.39, 0.29) is 0 Å². The van der Waals surface area contributed by atoms with E-state index in [1.807, 2.05) is 11.8 Å². The van der Waals surface area contributed by atoms with E-state index >= 15 is 0 Å². The molecule has 0 amide bonds. The summed E-state index contributed by atoms with van der Waals surface area (Å²) in [5.74, 6) is 2.90. The van der Waals surface area contributed by atoms with Gasteiger partial charge in [-0.2, -0.15) is 0 Å². The molecule has 1 fully saturated rings. The molecule has 1 aromatic rings. The van der Waals surface area contributed by atoms with Gasteiger partial charge in [0.25, 0.3) is 0 Å². The van der Waals surface area contributed by atoms with Gasteiger partial charge in [-0.15, -0.1) is 11.8 Å². The molecule has 86 valence electrons. The number of fused-ring (bicyclic) bond motifs is 2. The van der Waals surface area contributed by atoms with Crippen LogP contribution in [0.2, 0.25) is 0 Å². The molecule has 2 nitrogen and oxygen atoms in total. The number of rotatable bonds is 2. The Morgan fingerprint density at radius 3 is 3.12 bits per heavy atom. The Hall–Kier alpha value is -0.670. The highest BCUT2D eigenvalue weighted by Gasteiger charge is 2.55. The van der Waals surface area contributed by atoms with Crippen molar-refractivity contribution in [2.45, 2.75) is 23.2 Å². The molecule has 16 heavy (non-hydrogen) atoms. The van der Waals surface area contributed by atoms with Crippen LogP contribution in [0.5, 0.6) is 5.75 Å². The van der Waals surface area contributed by atoms with Crippen molar-refractivity contribution in [1.29, 1.82) is 0 Å². The predicted octanol–water partition coefficient (Wildman–Crippen LogP) is 2.41. The number of benzene rings is 1. The summed E-state index contributed by atoms with van der Waals surface area (Å²) in [6.45, 7) is 0.821. The van der Waals surface area contributed by atoms with Gasteiger partial charge in [0, 0.05) is 10.3 Å². The van der Waals surface area contributed by atoms with Gasteiger partial charge in [0.15, 0.2) is 0 Å². The van der Waals surface area contributed by atoms with Gasteiger partial charge in [-0.05, 0) is 54.8 Å². The van der Waals surface area contributed by atoms with Crippen LogP contribution >= 0.6 is 11.8 Å². The molecule has 0 aromatic heterocycles. The Kier molecular flexibility index (Phi) is 2.41. The van der Waals surface area contributed by atoms with Crippen molar-refractivity contribution in [1.82, 2.24) is 0 Å². The molecule has 0 bridgehead atoms. The third-order valence-electron chi connectivity index (χ3n) is 4.05. The maximum Gasteiger partial charge on any atom is 0.119 e. The average Bonchev–Trinajstić information content (AvgIpc) is 3.04. The van der Waals surface area contributed by atoms with Gasteiger partial charge < -0.3 is 10.5 Å². The Balaban J connectivity index is 2.04. The molecular formula is C13H17NOS. The van der Waals surface area contributed by atoms with Crippen molar-refractivity contribution >= 4 is 11.8 Å². The molecule has 1 spiro atoms. The smallest absolute Gasteiger partial charge is 0.119 e. The Bertz CT molecular complexity index is 420. The zero-order valence-electron chi connectivity index (χ0n) is 9.53. The van der Waals surface area contributed by atoms with E-state index in [0.717, 1.165) is 12.3 Å². The third kappa shape index (κ3) is 1.38. The van der Waals surface area contributed by atoms with Crippen LogP contribution in [0, 0.1) is 5.92 Å². The molecule has 2 aliphatic rings. The van der Waals surface area contributed by atoms with Crippen molar-refractivity contribution in [2.24, 2.45) is 11.7 Å². The SMILES string of the molecule is COc1ccc2c(c1)C1(CCS2)CC1CN.